The molecule has 4 nitrogen and oxygen atoms in total. The molecule has 5 heteroatoms. The van der Waals surface area contributed by atoms with E-state index in [1.165, 1.54) is 5.56 Å². The van der Waals surface area contributed by atoms with Gasteiger partial charge in [-0.25, -0.2) is 0 Å². The number of fused-ring (bicyclic) bond motifs is 1. The molecular formula is C15H22BrNO3. The van der Waals surface area contributed by atoms with E-state index in [0.717, 1.165) is 41.9 Å². The topological polar surface area (TPSA) is 41.9 Å². The van der Waals surface area contributed by atoms with Crippen molar-refractivity contribution in [3.8, 4) is 11.5 Å². The van der Waals surface area contributed by atoms with E-state index in [4.69, 9.17) is 9.47 Å². The highest BCUT2D eigenvalue weighted by atomic mass is 79.9. The van der Waals surface area contributed by atoms with Crippen LogP contribution in [0.15, 0.2) is 16.6 Å². The van der Waals surface area contributed by atoms with E-state index in [2.05, 4.69) is 33.9 Å². The zero-order chi connectivity index (χ0) is 14.5. The molecule has 112 valence electrons. The number of hydrogen-bond acceptors (Lipinski definition) is 4. The minimum atomic E-state index is -0.257. The first-order chi connectivity index (χ1) is 9.56. The molecule has 1 N–H and O–H groups in total. The van der Waals surface area contributed by atoms with Crippen LogP contribution in [0.5, 0.6) is 11.5 Å². The Bertz CT molecular complexity index is 451. The van der Waals surface area contributed by atoms with Gasteiger partial charge in [0.25, 0.3) is 0 Å². The zero-order valence-corrected chi connectivity index (χ0v) is 13.6. The normalized spacial score (nSPS) is 16.1. The van der Waals surface area contributed by atoms with Crippen molar-refractivity contribution < 1.29 is 14.6 Å². The van der Waals surface area contributed by atoms with Gasteiger partial charge in [-0.1, -0.05) is 0 Å². The number of hydrogen-bond donors (Lipinski definition) is 1. The lowest BCUT2D eigenvalue weighted by molar-refractivity contribution is 0.163. The molecule has 0 aliphatic carbocycles. The van der Waals surface area contributed by atoms with Crippen LogP contribution in [0, 0.1) is 0 Å². The van der Waals surface area contributed by atoms with Gasteiger partial charge in [-0.15, -0.1) is 0 Å². The Morgan fingerprint density at radius 3 is 2.85 bits per heavy atom. The largest absolute Gasteiger partial charge is 0.490 e. The Morgan fingerprint density at radius 1 is 1.35 bits per heavy atom. The van der Waals surface area contributed by atoms with Gasteiger partial charge in [-0.05, 0) is 54.0 Å². The molecule has 1 heterocycles. The van der Waals surface area contributed by atoms with Gasteiger partial charge >= 0.3 is 0 Å². The predicted molar refractivity (Wildman–Crippen MR) is 82.4 cm³/mol. The Hall–Kier alpha value is -0.780. The second-order valence-electron chi connectivity index (χ2n) is 5.33. The minimum Gasteiger partial charge on any atom is -0.490 e. The van der Waals surface area contributed by atoms with Crippen LogP contribution in [0.25, 0.3) is 0 Å². The van der Waals surface area contributed by atoms with Crippen LogP contribution >= 0.6 is 15.9 Å². The molecule has 20 heavy (non-hydrogen) atoms. The molecule has 0 radical (unpaired) electrons. The van der Waals surface area contributed by atoms with Crippen LogP contribution in [0.1, 0.15) is 25.3 Å². The minimum absolute atomic E-state index is 0.257. The van der Waals surface area contributed by atoms with E-state index in [-0.39, 0.29) is 6.10 Å². The lowest BCUT2D eigenvalue weighted by Gasteiger charge is -2.19. The van der Waals surface area contributed by atoms with Gasteiger partial charge in [-0.3, -0.25) is 0 Å². The third kappa shape index (κ3) is 4.36. The number of benzene rings is 1. The molecule has 1 aromatic carbocycles. The molecule has 1 atom stereocenters. The van der Waals surface area contributed by atoms with Gasteiger partial charge in [-0.2, -0.15) is 0 Å². The highest BCUT2D eigenvalue weighted by molar-refractivity contribution is 9.10. The first-order valence-electron chi connectivity index (χ1n) is 7.01. The number of nitrogens with zero attached hydrogens (tertiary/aromatic N) is 1. The molecule has 1 aromatic rings. The number of aliphatic hydroxyl groups excluding tert-OH is 1. The molecule has 0 amide bonds. The summed E-state index contributed by atoms with van der Waals surface area (Å²) in [6.07, 6.45) is 1.43. The Labute approximate surface area is 128 Å². The Kier molecular flexibility index (Phi) is 5.69. The van der Waals surface area contributed by atoms with Crippen molar-refractivity contribution in [2.75, 3.05) is 26.8 Å². The summed E-state index contributed by atoms with van der Waals surface area (Å²) in [5.41, 5.74) is 1.18. The van der Waals surface area contributed by atoms with Gasteiger partial charge in [0.05, 0.1) is 23.8 Å². The van der Waals surface area contributed by atoms with E-state index in [1.54, 1.807) is 0 Å². The Balaban J connectivity index is 2.05. The second kappa shape index (κ2) is 7.29. The van der Waals surface area contributed by atoms with Crippen LogP contribution in [-0.4, -0.2) is 42.9 Å². The summed E-state index contributed by atoms with van der Waals surface area (Å²) in [4.78, 5) is 2.19. The fraction of sp³-hybridized carbons (Fsp3) is 0.600. The van der Waals surface area contributed by atoms with Crippen molar-refractivity contribution in [2.45, 2.75) is 32.4 Å². The van der Waals surface area contributed by atoms with E-state index in [9.17, 15) is 5.11 Å². The molecule has 1 aliphatic heterocycles. The van der Waals surface area contributed by atoms with Crippen molar-refractivity contribution in [1.29, 1.82) is 0 Å². The maximum atomic E-state index is 9.33. The molecule has 2 rings (SSSR count). The monoisotopic (exact) mass is 343 g/mol. The van der Waals surface area contributed by atoms with Gasteiger partial charge in [0.15, 0.2) is 11.5 Å². The smallest absolute Gasteiger partial charge is 0.175 e. The first kappa shape index (κ1) is 15.6. The van der Waals surface area contributed by atoms with Crippen LogP contribution in [0.2, 0.25) is 0 Å². The lowest BCUT2D eigenvalue weighted by atomic mass is 10.2. The molecule has 0 saturated heterocycles. The summed E-state index contributed by atoms with van der Waals surface area (Å²) in [5.74, 6) is 1.62. The number of ether oxygens (including phenoxy) is 2. The van der Waals surface area contributed by atoms with Crippen molar-refractivity contribution >= 4 is 15.9 Å². The maximum absolute atomic E-state index is 9.33. The average molecular weight is 344 g/mol. The first-order valence-corrected chi connectivity index (χ1v) is 7.80. The summed E-state index contributed by atoms with van der Waals surface area (Å²) in [6.45, 7) is 4.89. The fourth-order valence-electron chi connectivity index (χ4n) is 2.17. The van der Waals surface area contributed by atoms with Gasteiger partial charge in [0.1, 0.15) is 0 Å². The quantitative estimate of drug-likeness (QED) is 0.892. The van der Waals surface area contributed by atoms with Crippen LogP contribution < -0.4 is 9.47 Å². The molecule has 1 unspecified atom stereocenters. The average Bonchev–Trinajstić information content (AvgIpc) is 2.62. The maximum Gasteiger partial charge on any atom is 0.175 e. The summed E-state index contributed by atoms with van der Waals surface area (Å²) >= 11 is 3.56. The van der Waals surface area contributed by atoms with Crippen LogP contribution in [0.3, 0.4) is 0 Å². The molecule has 1 aliphatic rings. The van der Waals surface area contributed by atoms with E-state index in [1.807, 2.05) is 13.0 Å². The van der Waals surface area contributed by atoms with E-state index >= 15 is 0 Å². The summed E-state index contributed by atoms with van der Waals surface area (Å²) in [5, 5.41) is 9.33. The summed E-state index contributed by atoms with van der Waals surface area (Å²) < 4.78 is 12.4. The van der Waals surface area contributed by atoms with Crippen LogP contribution in [-0.2, 0) is 6.54 Å². The van der Waals surface area contributed by atoms with E-state index < -0.39 is 0 Å². The van der Waals surface area contributed by atoms with Crippen molar-refractivity contribution in [3.05, 3.63) is 22.2 Å². The van der Waals surface area contributed by atoms with Gasteiger partial charge in [0, 0.05) is 19.5 Å². The predicted octanol–water partition coefficient (Wildman–Crippen LogP) is 2.81. The van der Waals surface area contributed by atoms with Crippen LogP contribution in [0.4, 0.5) is 0 Å². The Morgan fingerprint density at radius 2 is 2.10 bits per heavy atom. The number of rotatable bonds is 5. The molecule has 0 fully saturated rings. The summed E-state index contributed by atoms with van der Waals surface area (Å²) in [7, 11) is 2.05. The number of aliphatic hydroxyl groups is 1. The third-order valence-electron chi connectivity index (χ3n) is 3.24. The van der Waals surface area contributed by atoms with Crippen molar-refractivity contribution in [1.82, 2.24) is 4.90 Å². The standard InChI is InChI=1S/C15H22BrNO3/c1-11(18)4-5-17(2)10-12-8-13(16)15-14(9-12)19-6-3-7-20-15/h8-9,11,18H,3-7,10H2,1-2H3. The summed E-state index contributed by atoms with van der Waals surface area (Å²) in [6, 6.07) is 4.12. The van der Waals surface area contributed by atoms with Gasteiger partial charge in [0.2, 0.25) is 0 Å². The molecule has 0 saturated carbocycles. The van der Waals surface area contributed by atoms with Gasteiger partial charge < -0.3 is 19.5 Å². The van der Waals surface area contributed by atoms with E-state index in [0.29, 0.717) is 13.2 Å². The lowest BCUT2D eigenvalue weighted by Crippen LogP contribution is -2.22. The highest BCUT2D eigenvalue weighted by Gasteiger charge is 2.15. The number of halogens is 1. The third-order valence-corrected chi connectivity index (χ3v) is 3.83. The molecule has 0 spiro atoms. The molecular weight excluding hydrogens is 322 g/mol. The second-order valence-corrected chi connectivity index (χ2v) is 6.19. The SMILES string of the molecule is CC(O)CCN(C)Cc1cc(Br)c2c(c1)OCCCO2. The fourth-order valence-corrected chi connectivity index (χ4v) is 2.78. The zero-order valence-electron chi connectivity index (χ0n) is 12.1. The van der Waals surface area contributed by atoms with Crippen molar-refractivity contribution in [2.24, 2.45) is 0 Å². The molecule has 0 aromatic heterocycles. The molecule has 0 bridgehead atoms. The highest BCUT2D eigenvalue weighted by Crippen LogP contribution is 2.38. The van der Waals surface area contributed by atoms with Crippen molar-refractivity contribution in [3.63, 3.8) is 0 Å².